The van der Waals surface area contributed by atoms with Gasteiger partial charge in [0.05, 0.1) is 36.6 Å². The van der Waals surface area contributed by atoms with Crippen LogP contribution in [0.25, 0.3) is 0 Å². The number of halogens is 11. The number of fused-ring (bicyclic) bond motifs is 1. The Balaban J connectivity index is 1.92. The van der Waals surface area contributed by atoms with E-state index in [1.54, 1.807) is 0 Å². The Morgan fingerprint density at radius 3 is 1.91 bits per heavy atom. The zero-order valence-electron chi connectivity index (χ0n) is 23.4. The van der Waals surface area contributed by atoms with E-state index in [4.69, 9.17) is 9.47 Å². The third-order valence-electron chi connectivity index (χ3n) is 7.58. The van der Waals surface area contributed by atoms with E-state index in [2.05, 4.69) is 0 Å². The summed E-state index contributed by atoms with van der Waals surface area (Å²) in [5, 5.41) is 0. The van der Waals surface area contributed by atoms with Crippen LogP contribution in [0.4, 0.5) is 63.6 Å². The summed E-state index contributed by atoms with van der Waals surface area (Å²) in [5.74, 6) is -5.65. The van der Waals surface area contributed by atoms with E-state index < -0.39 is 83.1 Å². The van der Waals surface area contributed by atoms with Gasteiger partial charge in [-0.3, -0.25) is 9.80 Å². The number of hydrogen-bond donors (Lipinski definition) is 0. The summed E-state index contributed by atoms with van der Waals surface area (Å²) in [4.78, 5) is 27.8. The summed E-state index contributed by atoms with van der Waals surface area (Å²) in [6, 6.07) is -0.120. The Hall–Kier alpha value is -3.79. The average molecular weight is 662 g/mol. The lowest BCUT2D eigenvalue weighted by Crippen LogP contribution is -2.50. The third-order valence-corrected chi connectivity index (χ3v) is 7.58. The molecule has 0 N–H and O–H groups in total. The van der Waals surface area contributed by atoms with Gasteiger partial charge in [-0.1, -0.05) is 6.07 Å². The average Bonchev–Trinajstić information content (AvgIpc) is 3.78. The second-order valence-corrected chi connectivity index (χ2v) is 10.6. The molecule has 2 unspecified atom stereocenters. The number of anilines is 1. The molecule has 248 valence electrons. The molecule has 1 saturated carbocycles. The van der Waals surface area contributed by atoms with Crippen molar-refractivity contribution >= 4 is 17.9 Å². The summed E-state index contributed by atoms with van der Waals surface area (Å²) in [5.41, 5.74) is -6.32. The zero-order chi connectivity index (χ0) is 33.7. The van der Waals surface area contributed by atoms with Gasteiger partial charge in [-0.15, -0.1) is 0 Å². The van der Waals surface area contributed by atoms with Gasteiger partial charge in [-0.25, -0.2) is 9.59 Å². The molecular weight excluding hydrogens is 637 g/mol. The smallest absolute Gasteiger partial charge is 0.453 e. The fraction of sp³-hybridized carbons (Fsp3) is 0.500. The Bertz CT molecular complexity index is 1400. The molecule has 2 aromatic carbocycles. The summed E-state index contributed by atoms with van der Waals surface area (Å²) in [6.45, 7) is 0.329. The molecule has 0 bridgehead atoms. The van der Waals surface area contributed by atoms with Crippen LogP contribution in [-0.4, -0.2) is 43.0 Å². The fourth-order valence-electron chi connectivity index (χ4n) is 5.37. The molecule has 1 heterocycles. The van der Waals surface area contributed by atoms with Crippen LogP contribution >= 0.6 is 0 Å². The highest BCUT2D eigenvalue weighted by molar-refractivity contribution is 5.91. The standard InChI is InChI=1S/C28H25F11N2O4/c1-3-45-24(43)41-20-7-6-16(25(29,30)28(37,38)39)11-19(20)22(12-21(41)15-4-5-15)40(23(42)44-2)13-14-8-17(26(31,32)33)10-18(9-14)27(34,35)36/h6-11,15,21-22H,3-5,12-13H2,1-2H3. The number of carbonyl (C=O) groups excluding carboxylic acids is 2. The minimum atomic E-state index is -6.06. The Kier molecular flexibility index (Phi) is 8.98. The molecule has 0 spiro atoms. The lowest BCUT2D eigenvalue weighted by molar-refractivity contribution is -0.289. The van der Waals surface area contributed by atoms with E-state index in [0.29, 0.717) is 42.0 Å². The zero-order valence-corrected chi connectivity index (χ0v) is 23.4. The van der Waals surface area contributed by atoms with E-state index in [-0.39, 0.29) is 30.7 Å². The van der Waals surface area contributed by atoms with Crippen LogP contribution in [0.2, 0.25) is 0 Å². The molecule has 1 fully saturated rings. The third kappa shape index (κ3) is 6.90. The van der Waals surface area contributed by atoms with Gasteiger partial charge in [0.1, 0.15) is 0 Å². The van der Waals surface area contributed by atoms with Gasteiger partial charge in [0, 0.05) is 18.2 Å². The number of carbonyl (C=O) groups is 2. The number of hydrogen-bond acceptors (Lipinski definition) is 4. The van der Waals surface area contributed by atoms with Gasteiger partial charge < -0.3 is 9.47 Å². The maximum atomic E-state index is 14.5. The summed E-state index contributed by atoms with van der Waals surface area (Å²) in [7, 11) is 0.837. The van der Waals surface area contributed by atoms with Gasteiger partial charge >= 0.3 is 36.6 Å². The van der Waals surface area contributed by atoms with Crippen LogP contribution in [0, 0.1) is 5.92 Å². The highest BCUT2D eigenvalue weighted by atomic mass is 19.4. The molecule has 2 aliphatic rings. The van der Waals surface area contributed by atoms with Crippen molar-refractivity contribution in [2.24, 2.45) is 5.92 Å². The molecule has 2 aromatic rings. The Morgan fingerprint density at radius 2 is 1.44 bits per heavy atom. The second kappa shape index (κ2) is 11.9. The van der Waals surface area contributed by atoms with Crippen molar-refractivity contribution in [2.75, 3.05) is 18.6 Å². The van der Waals surface area contributed by atoms with Crippen molar-refractivity contribution in [3.63, 3.8) is 0 Å². The van der Waals surface area contributed by atoms with Crippen LogP contribution in [-0.2, 0) is 34.3 Å². The predicted octanol–water partition coefficient (Wildman–Crippen LogP) is 8.83. The molecule has 6 nitrogen and oxygen atoms in total. The highest BCUT2D eigenvalue weighted by Gasteiger charge is 2.59. The maximum Gasteiger partial charge on any atom is 0.458 e. The van der Waals surface area contributed by atoms with Crippen molar-refractivity contribution in [3.05, 3.63) is 64.2 Å². The minimum Gasteiger partial charge on any atom is -0.453 e. The topological polar surface area (TPSA) is 59.1 Å². The van der Waals surface area contributed by atoms with Crippen LogP contribution < -0.4 is 4.90 Å². The van der Waals surface area contributed by atoms with Crippen molar-refractivity contribution in [1.82, 2.24) is 4.90 Å². The largest absolute Gasteiger partial charge is 0.458 e. The van der Waals surface area contributed by atoms with Gasteiger partial charge in [0.25, 0.3) is 0 Å². The lowest BCUT2D eigenvalue weighted by atomic mass is 9.86. The highest BCUT2D eigenvalue weighted by Crippen LogP contribution is 2.51. The monoisotopic (exact) mass is 662 g/mol. The van der Waals surface area contributed by atoms with Crippen molar-refractivity contribution in [1.29, 1.82) is 0 Å². The van der Waals surface area contributed by atoms with Gasteiger partial charge in [0.2, 0.25) is 0 Å². The molecule has 2 amide bonds. The van der Waals surface area contributed by atoms with Gasteiger partial charge in [0.15, 0.2) is 0 Å². The number of benzene rings is 2. The molecule has 0 saturated heterocycles. The van der Waals surface area contributed by atoms with E-state index in [9.17, 15) is 57.9 Å². The SMILES string of the molecule is CCOC(=O)N1c2ccc(C(F)(F)C(F)(F)F)cc2C(N(Cc2cc(C(F)(F)F)cc(C(F)(F)F)c2)C(=O)OC)CC1C1CC1. The van der Waals surface area contributed by atoms with Crippen molar-refractivity contribution in [3.8, 4) is 0 Å². The number of amides is 2. The normalized spacial score (nSPS) is 19.2. The first kappa shape index (κ1) is 34.1. The number of alkyl halides is 11. The minimum absolute atomic E-state index is 0.131. The fourth-order valence-corrected chi connectivity index (χ4v) is 5.37. The molecule has 1 aliphatic heterocycles. The molecule has 0 aromatic heterocycles. The Morgan fingerprint density at radius 1 is 0.867 bits per heavy atom. The first-order valence-corrected chi connectivity index (χ1v) is 13.4. The van der Waals surface area contributed by atoms with Crippen LogP contribution in [0.3, 0.4) is 0 Å². The maximum absolute atomic E-state index is 14.5. The molecule has 4 rings (SSSR count). The molecule has 2 atom stereocenters. The van der Waals surface area contributed by atoms with Crippen molar-refractivity contribution < 1.29 is 67.4 Å². The first-order chi connectivity index (χ1) is 20.7. The quantitative estimate of drug-likeness (QED) is 0.290. The lowest BCUT2D eigenvalue weighted by Gasteiger charge is -2.44. The summed E-state index contributed by atoms with van der Waals surface area (Å²) < 4.78 is 160. The summed E-state index contributed by atoms with van der Waals surface area (Å²) >= 11 is 0. The van der Waals surface area contributed by atoms with E-state index in [1.807, 2.05) is 0 Å². The molecular formula is C28H25F11N2O4. The van der Waals surface area contributed by atoms with Crippen LogP contribution in [0.1, 0.15) is 60.0 Å². The number of rotatable bonds is 6. The number of ether oxygens (including phenoxy) is 2. The van der Waals surface area contributed by atoms with Crippen molar-refractivity contribution in [2.45, 2.75) is 69.3 Å². The van der Waals surface area contributed by atoms with E-state index in [1.165, 1.54) is 6.92 Å². The molecule has 1 aliphatic carbocycles. The Labute approximate surface area is 248 Å². The molecule has 45 heavy (non-hydrogen) atoms. The molecule has 17 heteroatoms. The van der Waals surface area contributed by atoms with E-state index >= 15 is 0 Å². The predicted molar refractivity (Wildman–Crippen MR) is 134 cm³/mol. The second-order valence-electron chi connectivity index (χ2n) is 10.6. The first-order valence-electron chi connectivity index (χ1n) is 13.4. The number of methoxy groups -OCH3 is 1. The molecule has 0 radical (unpaired) electrons. The number of nitrogens with zero attached hydrogens (tertiary/aromatic N) is 2. The summed E-state index contributed by atoms with van der Waals surface area (Å²) in [6.07, 6.45) is -18.1. The van der Waals surface area contributed by atoms with Crippen LogP contribution in [0.15, 0.2) is 36.4 Å². The van der Waals surface area contributed by atoms with Gasteiger partial charge in [-0.2, -0.15) is 48.3 Å². The van der Waals surface area contributed by atoms with Gasteiger partial charge in [-0.05, 0) is 73.6 Å². The van der Waals surface area contributed by atoms with Crippen LogP contribution in [0.5, 0.6) is 0 Å². The van der Waals surface area contributed by atoms with E-state index in [0.717, 1.165) is 18.1 Å².